The molecule has 0 N–H and O–H groups in total. The van der Waals surface area contributed by atoms with E-state index in [1.807, 2.05) is 0 Å². The predicted molar refractivity (Wildman–Crippen MR) is 243 cm³/mol. The summed E-state index contributed by atoms with van der Waals surface area (Å²) in [5.74, 6) is 0. The van der Waals surface area contributed by atoms with E-state index in [4.69, 9.17) is 0 Å². The average Bonchev–Trinajstić information content (AvgIpc) is 3.38. The standard InChI is InChI=1S/C55H42N2/c1-55(2)48-35-37(24-32-45(48)46-33-31-43(36-49(46)55)56-50-19-9-3-13-39(50)26-27-40-14-4-10-20-51(40)56)23-25-38-30-34-54(47-18-8-7-17-44(38)47)57-52-21-11-5-15-41(52)28-29-42-16-6-12-22-53(42)57/h3-27,30-36H,28-29H2,1-2H3/b25-23+. The molecule has 0 radical (unpaired) electrons. The predicted octanol–water partition coefficient (Wildman–Crippen LogP) is 14.8. The minimum atomic E-state index is -0.165. The molecular weight excluding hydrogens is 689 g/mol. The summed E-state index contributed by atoms with van der Waals surface area (Å²) in [4.78, 5) is 4.92. The lowest BCUT2D eigenvalue weighted by Gasteiger charge is -2.29. The summed E-state index contributed by atoms with van der Waals surface area (Å²) in [5, 5.41) is 2.50. The quantitative estimate of drug-likeness (QED) is 0.166. The van der Waals surface area contributed by atoms with Gasteiger partial charge in [0.2, 0.25) is 0 Å². The van der Waals surface area contributed by atoms with Gasteiger partial charge in [0.25, 0.3) is 0 Å². The van der Waals surface area contributed by atoms with E-state index in [2.05, 4.69) is 218 Å². The smallest absolute Gasteiger partial charge is 0.0540 e. The Morgan fingerprint density at radius 1 is 0.439 bits per heavy atom. The molecule has 272 valence electrons. The molecule has 0 aromatic heterocycles. The van der Waals surface area contributed by atoms with Crippen molar-refractivity contribution in [3.05, 3.63) is 214 Å². The highest BCUT2D eigenvalue weighted by Gasteiger charge is 2.36. The molecule has 0 atom stereocenters. The Bertz CT molecular complexity index is 2860. The molecule has 0 saturated heterocycles. The molecule has 0 amide bonds. The summed E-state index contributed by atoms with van der Waals surface area (Å²) < 4.78 is 0. The minimum Gasteiger partial charge on any atom is -0.309 e. The van der Waals surface area contributed by atoms with E-state index in [1.165, 1.54) is 101 Å². The second kappa shape index (κ2) is 13.1. The van der Waals surface area contributed by atoms with E-state index in [1.54, 1.807) is 0 Å². The summed E-state index contributed by atoms with van der Waals surface area (Å²) in [5.41, 5.74) is 20.2. The maximum absolute atomic E-state index is 2.49. The number of rotatable bonds is 4. The molecule has 0 fully saturated rings. The molecule has 0 saturated carbocycles. The third-order valence-corrected chi connectivity index (χ3v) is 12.5. The number of benzene rings is 8. The summed E-state index contributed by atoms with van der Waals surface area (Å²) in [6.45, 7) is 4.76. The van der Waals surface area contributed by atoms with Gasteiger partial charge in [0.05, 0.1) is 17.1 Å². The topological polar surface area (TPSA) is 6.48 Å². The van der Waals surface area contributed by atoms with Gasteiger partial charge in [-0.15, -0.1) is 0 Å². The van der Waals surface area contributed by atoms with E-state index >= 15 is 0 Å². The summed E-state index contributed by atoms with van der Waals surface area (Å²) in [6.07, 6.45) is 11.1. The lowest BCUT2D eigenvalue weighted by atomic mass is 9.81. The normalized spacial score (nSPS) is 14.6. The van der Waals surface area contributed by atoms with Gasteiger partial charge >= 0.3 is 0 Å². The lowest BCUT2D eigenvalue weighted by molar-refractivity contribution is 0.660. The first-order valence-electron chi connectivity index (χ1n) is 20.1. The SMILES string of the molecule is CC1(C)c2cc(/C=C/c3ccc(N4c5ccccc5CCc5ccccc54)c4ccccc34)ccc2-c2ccc(N3c4ccccc4C=Cc4ccccc43)cc21. The molecule has 2 aliphatic heterocycles. The Morgan fingerprint density at radius 3 is 1.65 bits per heavy atom. The van der Waals surface area contributed by atoms with Crippen LogP contribution >= 0.6 is 0 Å². The maximum atomic E-state index is 2.49. The first-order chi connectivity index (χ1) is 28.0. The van der Waals surface area contributed by atoms with E-state index in [9.17, 15) is 0 Å². The monoisotopic (exact) mass is 730 g/mol. The van der Waals surface area contributed by atoms with Crippen LogP contribution < -0.4 is 9.80 Å². The van der Waals surface area contributed by atoms with Crippen molar-refractivity contribution >= 4 is 69.2 Å². The number of hydrogen-bond acceptors (Lipinski definition) is 2. The Labute approximate surface area is 335 Å². The average molecular weight is 731 g/mol. The fourth-order valence-electron chi connectivity index (χ4n) is 9.61. The molecule has 11 rings (SSSR count). The van der Waals surface area contributed by atoms with Crippen LogP contribution in [0.2, 0.25) is 0 Å². The van der Waals surface area contributed by atoms with Crippen LogP contribution in [0.25, 0.3) is 46.2 Å². The van der Waals surface area contributed by atoms with E-state index in [-0.39, 0.29) is 5.41 Å². The number of para-hydroxylation sites is 4. The van der Waals surface area contributed by atoms with Crippen LogP contribution in [-0.2, 0) is 18.3 Å². The third kappa shape index (κ3) is 5.39. The van der Waals surface area contributed by atoms with Gasteiger partial charge in [-0.25, -0.2) is 0 Å². The fraction of sp³-hybridized carbons (Fsp3) is 0.0909. The number of nitrogens with zero attached hydrogens (tertiary/aromatic N) is 2. The number of hydrogen-bond donors (Lipinski definition) is 0. The molecule has 0 spiro atoms. The van der Waals surface area contributed by atoms with Crippen molar-refractivity contribution in [3.8, 4) is 11.1 Å². The van der Waals surface area contributed by atoms with E-state index in [0.29, 0.717) is 0 Å². The molecule has 0 unspecified atom stereocenters. The van der Waals surface area contributed by atoms with Crippen LogP contribution in [0.3, 0.4) is 0 Å². The molecule has 0 bridgehead atoms. The molecule has 8 aromatic carbocycles. The van der Waals surface area contributed by atoms with Gasteiger partial charge in [0, 0.05) is 27.9 Å². The van der Waals surface area contributed by atoms with Crippen LogP contribution in [-0.4, -0.2) is 0 Å². The second-order valence-electron chi connectivity index (χ2n) is 16.1. The van der Waals surface area contributed by atoms with Gasteiger partial charge in [-0.1, -0.05) is 166 Å². The van der Waals surface area contributed by atoms with Crippen molar-refractivity contribution in [3.63, 3.8) is 0 Å². The van der Waals surface area contributed by atoms with E-state index < -0.39 is 0 Å². The lowest BCUT2D eigenvalue weighted by Crippen LogP contribution is -2.17. The molecule has 2 nitrogen and oxygen atoms in total. The number of fused-ring (bicyclic) bond motifs is 8. The van der Waals surface area contributed by atoms with Gasteiger partial charge in [-0.2, -0.15) is 0 Å². The number of aryl methyl sites for hydroxylation is 2. The van der Waals surface area contributed by atoms with Crippen molar-refractivity contribution < 1.29 is 0 Å². The summed E-state index contributed by atoms with van der Waals surface area (Å²) in [7, 11) is 0. The molecule has 3 aliphatic rings. The van der Waals surface area contributed by atoms with Crippen LogP contribution in [0.15, 0.2) is 170 Å². The Kier molecular flexibility index (Phi) is 7.69. The molecule has 57 heavy (non-hydrogen) atoms. The van der Waals surface area contributed by atoms with Gasteiger partial charge in [0.1, 0.15) is 0 Å². The zero-order chi connectivity index (χ0) is 38.1. The molecule has 1 aliphatic carbocycles. The van der Waals surface area contributed by atoms with Gasteiger partial charge < -0.3 is 9.80 Å². The molecule has 2 heteroatoms. The first-order valence-corrected chi connectivity index (χ1v) is 20.1. The Hall–Kier alpha value is -6.90. The zero-order valence-electron chi connectivity index (χ0n) is 32.3. The van der Waals surface area contributed by atoms with E-state index in [0.717, 1.165) is 12.8 Å². The third-order valence-electron chi connectivity index (χ3n) is 12.5. The summed E-state index contributed by atoms with van der Waals surface area (Å²) >= 11 is 0. The van der Waals surface area contributed by atoms with Crippen LogP contribution in [0, 0.1) is 0 Å². The molecule has 8 aromatic rings. The first kappa shape index (κ1) is 33.4. The van der Waals surface area contributed by atoms with Crippen molar-refractivity contribution in [2.45, 2.75) is 32.1 Å². The van der Waals surface area contributed by atoms with Crippen molar-refractivity contribution in [1.82, 2.24) is 0 Å². The van der Waals surface area contributed by atoms with Gasteiger partial charge in [0.15, 0.2) is 0 Å². The maximum Gasteiger partial charge on any atom is 0.0540 e. The Morgan fingerprint density at radius 2 is 0.982 bits per heavy atom. The van der Waals surface area contributed by atoms with Crippen molar-refractivity contribution in [2.24, 2.45) is 0 Å². The van der Waals surface area contributed by atoms with Crippen LogP contribution in [0.4, 0.5) is 34.1 Å². The molecule has 2 heterocycles. The minimum absolute atomic E-state index is 0.165. The van der Waals surface area contributed by atoms with Crippen molar-refractivity contribution in [1.29, 1.82) is 0 Å². The highest BCUT2D eigenvalue weighted by molar-refractivity contribution is 6.04. The fourth-order valence-corrected chi connectivity index (χ4v) is 9.61. The number of anilines is 6. The molecular formula is C55H42N2. The van der Waals surface area contributed by atoms with Gasteiger partial charge in [-0.05, 0) is 116 Å². The van der Waals surface area contributed by atoms with Crippen molar-refractivity contribution in [2.75, 3.05) is 9.80 Å². The Balaban J connectivity index is 0.954. The zero-order valence-corrected chi connectivity index (χ0v) is 32.3. The largest absolute Gasteiger partial charge is 0.309 e. The summed E-state index contributed by atoms with van der Waals surface area (Å²) in [6, 6.07) is 62.8. The highest BCUT2D eigenvalue weighted by atomic mass is 15.2. The second-order valence-corrected chi connectivity index (χ2v) is 16.1. The van der Waals surface area contributed by atoms with Gasteiger partial charge in [-0.3, -0.25) is 0 Å². The van der Waals surface area contributed by atoms with Crippen LogP contribution in [0.1, 0.15) is 58.4 Å². The highest BCUT2D eigenvalue weighted by Crippen LogP contribution is 2.52. The van der Waals surface area contributed by atoms with Crippen LogP contribution in [0.5, 0.6) is 0 Å².